The van der Waals surface area contributed by atoms with E-state index < -0.39 is 38.9 Å². The number of nitrogens with zero attached hydrogens (tertiary/aromatic N) is 1. The lowest BCUT2D eigenvalue weighted by Crippen LogP contribution is -2.35. The van der Waals surface area contributed by atoms with Gasteiger partial charge in [-0.3, -0.25) is 19.1 Å². The zero-order chi connectivity index (χ0) is 11.4. The van der Waals surface area contributed by atoms with Crippen molar-refractivity contribution in [1.29, 1.82) is 0 Å². The molecular weight excluding hydrogens is 231 g/mol. The van der Waals surface area contributed by atoms with Gasteiger partial charge in [-0.25, -0.2) is 0 Å². The van der Waals surface area contributed by atoms with Crippen LogP contribution in [0, 0.1) is 0 Å². The highest BCUT2D eigenvalue weighted by Crippen LogP contribution is 2.34. The highest BCUT2D eigenvalue weighted by molar-refractivity contribution is 7.51. The molecule has 0 heterocycles. The van der Waals surface area contributed by atoms with Crippen molar-refractivity contribution < 1.29 is 34.2 Å². The number of carboxylic acid groups (broad SMARTS) is 2. The molecule has 0 spiro atoms. The molecule has 0 saturated heterocycles. The summed E-state index contributed by atoms with van der Waals surface area (Å²) >= 11 is 0. The van der Waals surface area contributed by atoms with Crippen LogP contribution in [0.5, 0.6) is 0 Å². The normalized spacial score (nSPS) is 10.9. The first-order valence-electron chi connectivity index (χ1n) is 3.41. The maximum Gasteiger partial charge on any atom is 0.339 e. The molecular formula is C5H13N2O7P. The molecule has 0 aromatic carbocycles. The van der Waals surface area contributed by atoms with Gasteiger partial charge in [-0.05, 0) is 0 Å². The fourth-order valence-corrected chi connectivity index (χ4v) is 1.52. The van der Waals surface area contributed by atoms with E-state index in [0.717, 1.165) is 0 Å². The van der Waals surface area contributed by atoms with Crippen molar-refractivity contribution in [3.05, 3.63) is 0 Å². The van der Waals surface area contributed by atoms with Crippen LogP contribution in [0.15, 0.2) is 0 Å². The summed E-state index contributed by atoms with van der Waals surface area (Å²) in [5.74, 6) is -2.70. The fourth-order valence-electron chi connectivity index (χ4n) is 0.799. The maximum atomic E-state index is 10.5. The third-order valence-electron chi connectivity index (χ3n) is 1.10. The number of carbonyl (C=O) groups is 2. The lowest BCUT2D eigenvalue weighted by molar-refractivity contribution is -0.141. The first kappa shape index (κ1) is 16.4. The molecule has 9 nitrogen and oxygen atoms in total. The molecule has 0 amide bonds. The maximum absolute atomic E-state index is 10.5. The summed E-state index contributed by atoms with van der Waals surface area (Å²) in [5.41, 5.74) is 0. The molecule has 0 aromatic rings. The molecule has 7 N–H and O–H groups in total. The van der Waals surface area contributed by atoms with E-state index in [-0.39, 0.29) is 6.15 Å². The quantitative estimate of drug-likeness (QED) is 0.358. The molecule has 0 aliphatic heterocycles. The lowest BCUT2D eigenvalue weighted by atomic mass is 10.5. The molecule has 0 saturated carbocycles. The molecule has 0 fully saturated rings. The van der Waals surface area contributed by atoms with Crippen molar-refractivity contribution in [2.75, 3.05) is 19.4 Å². The van der Waals surface area contributed by atoms with Gasteiger partial charge in [0.05, 0.1) is 13.1 Å². The number of rotatable bonds is 6. The third kappa shape index (κ3) is 10.9. The average molecular weight is 244 g/mol. The van der Waals surface area contributed by atoms with Gasteiger partial charge in [-0.15, -0.1) is 0 Å². The lowest BCUT2D eigenvalue weighted by Gasteiger charge is -2.17. The SMILES string of the molecule is N.O=C(O)CN(CC(=O)O)CP(=O)(O)O. The molecule has 0 aliphatic carbocycles. The monoisotopic (exact) mass is 244 g/mol. The first-order chi connectivity index (χ1) is 6.20. The molecule has 0 atom stereocenters. The van der Waals surface area contributed by atoms with Crippen LogP contribution >= 0.6 is 7.60 Å². The van der Waals surface area contributed by atoms with Crippen molar-refractivity contribution in [1.82, 2.24) is 11.1 Å². The molecule has 0 aliphatic rings. The van der Waals surface area contributed by atoms with Gasteiger partial charge in [0.1, 0.15) is 6.29 Å². The van der Waals surface area contributed by atoms with E-state index in [9.17, 15) is 14.2 Å². The van der Waals surface area contributed by atoms with Crippen LogP contribution in [0.1, 0.15) is 0 Å². The minimum atomic E-state index is -4.44. The Kier molecular flexibility index (Phi) is 7.11. The largest absolute Gasteiger partial charge is 0.480 e. The topological polar surface area (TPSA) is 170 Å². The van der Waals surface area contributed by atoms with Crippen LogP contribution in [-0.4, -0.2) is 56.2 Å². The van der Waals surface area contributed by atoms with E-state index in [0.29, 0.717) is 4.90 Å². The third-order valence-corrected chi connectivity index (χ3v) is 1.87. The van der Waals surface area contributed by atoms with E-state index >= 15 is 0 Å². The van der Waals surface area contributed by atoms with E-state index in [2.05, 4.69) is 0 Å². The van der Waals surface area contributed by atoms with Gasteiger partial charge in [0.25, 0.3) is 0 Å². The molecule has 90 valence electrons. The zero-order valence-electron chi connectivity index (χ0n) is 7.74. The Labute approximate surface area is 85.1 Å². The zero-order valence-corrected chi connectivity index (χ0v) is 8.63. The summed E-state index contributed by atoms with van der Waals surface area (Å²) in [5, 5.41) is 16.6. The molecule has 0 bridgehead atoms. The van der Waals surface area contributed by atoms with Gasteiger partial charge in [-0.1, -0.05) is 0 Å². The fraction of sp³-hybridized carbons (Fsp3) is 0.600. The first-order valence-corrected chi connectivity index (χ1v) is 5.21. The second-order valence-corrected chi connectivity index (χ2v) is 4.19. The van der Waals surface area contributed by atoms with Gasteiger partial charge in [0, 0.05) is 0 Å². The predicted molar refractivity (Wildman–Crippen MR) is 48.8 cm³/mol. The summed E-state index contributed by atoms with van der Waals surface area (Å²) in [7, 11) is -4.44. The summed E-state index contributed by atoms with van der Waals surface area (Å²) in [6, 6.07) is 0. The molecule has 10 heteroatoms. The molecule has 15 heavy (non-hydrogen) atoms. The second-order valence-electron chi connectivity index (χ2n) is 2.58. The van der Waals surface area contributed by atoms with Crippen LogP contribution in [0.4, 0.5) is 0 Å². The van der Waals surface area contributed by atoms with Gasteiger partial charge >= 0.3 is 19.5 Å². The summed E-state index contributed by atoms with van der Waals surface area (Å²) in [6.45, 7) is -1.45. The van der Waals surface area contributed by atoms with Crippen molar-refractivity contribution >= 4 is 19.5 Å². The van der Waals surface area contributed by atoms with Crippen molar-refractivity contribution in [2.45, 2.75) is 0 Å². The van der Waals surface area contributed by atoms with Crippen molar-refractivity contribution in [3.63, 3.8) is 0 Å². The number of hydrogen-bond donors (Lipinski definition) is 5. The summed E-state index contributed by atoms with van der Waals surface area (Å²) < 4.78 is 10.5. The number of aliphatic carboxylic acids is 2. The smallest absolute Gasteiger partial charge is 0.339 e. The minimum Gasteiger partial charge on any atom is -0.480 e. The van der Waals surface area contributed by atoms with E-state index in [4.69, 9.17) is 20.0 Å². The van der Waals surface area contributed by atoms with E-state index in [1.54, 1.807) is 0 Å². The van der Waals surface area contributed by atoms with Crippen LogP contribution in [0.25, 0.3) is 0 Å². The Hall–Kier alpha value is -0.990. The molecule has 0 unspecified atom stereocenters. The second kappa shape index (κ2) is 6.49. The van der Waals surface area contributed by atoms with Crippen LogP contribution in [0.2, 0.25) is 0 Å². The Morgan fingerprint density at radius 2 is 1.40 bits per heavy atom. The Morgan fingerprint density at radius 3 is 1.60 bits per heavy atom. The molecule has 0 rings (SSSR count). The predicted octanol–water partition coefficient (Wildman–Crippen LogP) is -1.25. The standard InChI is InChI=1S/C5H10NO7P.H3N/c7-4(8)1-6(2-5(9)10)3-14(11,12)13;/h1-3H2,(H,7,8)(H,9,10)(H2,11,12,13);1H3. The minimum absolute atomic E-state index is 0. The Bertz CT molecular complexity index is 259. The van der Waals surface area contributed by atoms with Gasteiger partial charge < -0.3 is 26.2 Å². The summed E-state index contributed by atoms with van der Waals surface area (Å²) in [4.78, 5) is 38.0. The van der Waals surface area contributed by atoms with E-state index in [1.165, 1.54) is 0 Å². The highest BCUT2D eigenvalue weighted by atomic mass is 31.2. The van der Waals surface area contributed by atoms with Crippen LogP contribution < -0.4 is 6.15 Å². The highest BCUT2D eigenvalue weighted by Gasteiger charge is 2.22. The van der Waals surface area contributed by atoms with Crippen LogP contribution in [-0.2, 0) is 14.2 Å². The van der Waals surface area contributed by atoms with Gasteiger partial charge in [0.2, 0.25) is 0 Å². The van der Waals surface area contributed by atoms with Crippen molar-refractivity contribution in [2.24, 2.45) is 0 Å². The average Bonchev–Trinajstić information content (AvgIpc) is 1.77. The molecule has 0 radical (unpaired) electrons. The van der Waals surface area contributed by atoms with Gasteiger partial charge in [-0.2, -0.15) is 0 Å². The number of carboxylic acids is 2. The Morgan fingerprint density at radius 1 is 1.07 bits per heavy atom. The molecule has 0 aromatic heterocycles. The summed E-state index contributed by atoms with van der Waals surface area (Å²) in [6.07, 6.45) is -0.883. The van der Waals surface area contributed by atoms with Crippen LogP contribution in [0.3, 0.4) is 0 Å². The Balaban J connectivity index is 0. The van der Waals surface area contributed by atoms with Crippen molar-refractivity contribution in [3.8, 4) is 0 Å². The van der Waals surface area contributed by atoms with Gasteiger partial charge in [0.15, 0.2) is 0 Å². The van der Waals surface area contributed by atoms with E-state index in [1.807, 2.05) is 0 Å². The number of hydrogen-bond acceptors (Lipinski definition) is 5.